The molecule has 0 spiro atoms. The van der Waals surface area contributed by atoms with Crippen LogP contribution in [0.25, 0.3) is 5.65 Å². The molecule has 0 radical (unpaired) electrons. The highest BCUT2D eigenvalue weighted by atomic mass is 16.1. The molecule has 2 aromatic carbocycles. The van der Waals surface area contributed by atoms with E-state index in [0.29, 0.717) is 5.56 Å². The third kappa shape index (κ3) is 4.37. The molecule has 158 valence electrons. The minimum absolute atomic E-state index is 0.102. The summed E-state index contributed by atoms with van der Waals surface area (Å²) in [6.45, 7) is 5.01. The van der Waals surface area contributed by atoms with E-state index >= 15 is 0 Å². The molecule has 4 rings (SSSR count). The van der Waals surface area contributed by atoms with Gasteiger partial charge in [-0.15, -0.1) is 0 Å². The summed E-state index contributed by atoms with van der Waals surface area (Å²) in [7, 11) is 4.07. The summed E-state index contributed by atoms with van der Waals surface area (Å²) in [5.41, 5.74) is 6.99. The first kappa shape index (κ1) is 20.8. The quantitative estimate of drug-likeness (QED) is 0.506. The largest absolute Gasteiger partial charge is 0.340 e. The van der Waals surface area contributed by atoms with E-state index in [-0.39, 0.29) is 11.9 Å². The molecular weight excluding hydrogens is 384 g/mol. The van der Waals surface area contributed by atoms with Gasteiger partial charge < -0.3 is 14.6 Å². The number of hydrogen-bond donors (Lipinski definition) is 1. The van der Waals surface area contributed by atoms with Crippen LogP contribution >= 0.6 is 0 Å². The SMILES string of the molecule is Cc1cccc(C)c1C(NC(=O)c1ccc(CN(C)C)cc1)c1cnc2ccccn12. The summed E-state index contributed by atoms with van der Waals surface area (Å²) >= 11 is 0. The molecule has 5 nitrogen and oxygen atoms in total. The van der Waals surface area contributed by atoms with Crippen molar-refractivity contribution in [1.29, 1.82) is 0 Å². The molecule has 2 heterocycles. The molecule has 0 aliphatic carbocycles. The molecule has 0 fully saturated rings. The van der Waals surface area contributed by atoms with Crippen LogP contribution in [0, 0.1) is 13.8 Å². The number of aryl methyl sites for hydroxylation is 2. The number of aromatic nitrogens is 2. The summed E-state index contributed by atoms with van der Waals surface area (Å²) < 4.78 is 2.04. The second-order valence-electron chi connectivity index (χ2n) is 8.26. The Labute approximate surface area is 183 Å². The van der Waals surface area contributed by atoms with E-state index in [1.807, 2.05) is 79.4 Å². The van der Waals surface area contributed by atoms with E-state index in [1.54, 1.807) is 0 Å². The number of carbonyl (C=O) groups is 1. The Morgan fingerprint density at radius 3 is 2.39 bits per heavy atom. The van der Waals surface area contributed by atoms with Crippen LogP contribution in [0.1, 0.15) is 44.3 Å². The Balaban J connectivity index is 1.72. The third-order valence-corrected chi connectivity index (χ3v) is 5.56. The molecular formula is C26H28N4O. The van der Waals surface area contributed by atoms with Gasteiger partial charge in [0.15, 0.2) is 0 Å². The predicted molar refractivity (Wildman–Crippen MR) is 124 cm³/mol. The summed E-state index contributed by atoms with van der Waals surface area (Å²) in [5.74, 6) is -0.102. The minimum atomic E-state index is -0.312. The molecule has 0 saturated heterocycles. The van der Waals surface area contributed by atoms with Gasteiger partial charge in [-0.2, -0.15) is 0 Å². The van der Waals surface area contributed by atoms with Crippen LogP contribution in [-0.2, 0) is 6.54 Å². The summed E-state index contributed by atoms with van der Waals surface area (Å²) in [5, 5.41) is 3.28. The normalized spacial score (nSPS) is 12.3. The van der Waals surface area contributed by atoms with Crippen LogP contribution in [0.4, 0.5) is 0 Å². The van der Waals surface area contributed by atoms with Crippen LogP contribution in [0.2, 0.25) is 0 Å². The molecule has 0 bridgehead atoms. The van der Waals surface area contributed by atoms with Crippen molar-refractivity contribution in [2.45, 2.75) is 26.4 Å². The molecule has 1 amide bonds. The highest BCUT2D eigenvalue weighted by Crippen LogP contribution is 2.29. The fourth-order valence-corrected chi connectivity index (χ4v) is 4.08. The van der Waals surface area contributed by atoms with E-state index in [2.05, 4.69) is 41.2 Å². The summed E-state index contributed by atoms with van der Waals surface area (Å²) in [4.78, 5) is 19.9. The number of nitrogens with zero attached hydrogens (tertiary/aromatic N) is 3. The Morgan fingerprint density at radius 1 is 1.00 bits per heavy atom. The molecule has 0 saturated carbocycles. The second kappa shape index (κ2) is 8.74. The Kier molecular flexibility index (Phi) is 5.87. The van der Waals surface area contributed by atoms with Crippen LogP contribution in [0.15, 0.2) is 73.1 Å². The van der Waals surface area contributed by atoms with Crippen molar-refractivity contribution in [3.05, 3.63) is 107 Å². The fourth-order valence-electron chi connectivity index (χ4n) is 4.08. The average Bonchev–Trinajstić information content (AvgIpc) is 3.17. The first-order valence-electron chi connectivity index (χ1n) is 10.5. The van der Waals surface area contributed by atoms with Crippen molar-refractivity contribution in [2.24, 2.45) is 0 Å². The molecule has 5 heteroatoms. The summed E-state index contributed by atoms with van der Waals surface area (Å²) in [6, 6.07) is 19.6. The lowest BCUT2D eigenvalue weighted by Gasteiger charge is -2.23. The first-order valence-corrected chi connectivity index (χ1v) is 10.5. The molecule has 4 aromatic rings. The van der Waals surface area contributed by atoms with E-state index in [4.69, 9.17) is 0 Å². The van der Waals surface area contributed by atoms with Crippen molar-refractivity contribution in [1.82, 2.24) is 19.6 Å². The van der Waals surface area contributed by atoms with Gasteiger partial charge in [0.2, 0.25) is 0 Å². The van der Waals surface area contributed by atoms with Crippen molar-refractivity contribution < 1.29 is 4.79 Å². The number of benzene rings is 2. The van der Waals surface area contributed by atoms with Crippen molar-refractivity contribution >= 4 is 11.6 Å². The lowest BCUT2D eigenvalue weighted by molar-refractivity contribution is 0.0942. The monoisotopic (exact) mass is 412 g/mol. The maximum absolute atomic E-state index is 13.3. The van der Waals surface area contributed by atoms with Gasteiger partial charge in [-0.25, -0.2) is 4.98 Å². The molecule has 1 unspecified atom stereocenters. The maximum atomic E-state index is 13.3. The fraction of sp³-hybridized carbons (Fsp3) is 0.231. The first-order chi connectivity index (χ1) is 14.9. The van der Waals surface area contributed by atoms with Gasteiger partial charge in [0.1, 0.15) is 5.65 Å². The van der Waals surface area contributed by atoms with Crippen LogP contribution in [0.3, 0.4) is 0 Å². The van der Waals surface area contributed by atoms with Crippen LogP contribution in [0.5, 0.6) is 0 Å². The zero-order chi connectivity index (χ0) is 22.0. The highest BCUT2D eigenvalue weighted by Gasteiger charge is 2.24. The van der Waals surface area contributed by atoms with E-state index in [9.17, 15) is 4.79 Å². The van der Waals surface area contributed by atoms with Crippen molar-refractivity contribution in [3.8, 4) is 0 Å². The number of fused-ring (bicyclic) bond motifs is 1. The summed E-state index contributed by atoms with van der Waals surface area (Å²) in [6.07, 6.45) is 3.84. The van der Waals surface area contributed by atoms with Gasteiger partial charge in [0.05, 0.1) is 17.9 Å². The average molecular weight is 413 g/mol. The second-order valence-corrected chi connectivity index (χ2v) is 8.26. The minimum Gasteiger partial charge on any atom is -0.340 e. The van der Waals surface area contributed by atoms with Gasteiger partial charge in [0, 0.05) is 18.3 Å². The van der Waals surface area contributed by atoms with Crippen molar-refractivity contribution in [2.75, 3.05) is 14.1 Å². The zero-order valence-electron chi connectivity index (χ0n) is 18.5. The smallest absolute Gasteiger partial charge is 0.252 e. The Bertz CT molecular complexity index is 1190. The number of rotatable bonds is 6. The number of hydrogen-bond acceptors (Lipinski definition) is 3. The topological polar surface area (TPSA) is 49.6 Å². The molecule has 0 aliphatic heterocycles. The number of carbonyl (C=O) groups excluding carboxylic acids is 1. The number of nitrogens with one attached hydrogen (secondary N) is 1. The van der Waals surface area contributed by atoms with Gasteiger partial charge in [-0.1, -0.05) is 36.4 Å². The lowest BCUT2D eigenvalue weighted by atomic mass is 9.94. The molecule has 31 heavy (non-hydrogen) atoms. The number of imidazole rings is 1. The van der Waals surface area contributed by atoms with Crippen LogP contribution < -0.4 is 5.32 Å². The predicted octanol–water partition coefficient (Wildman–Crippen LogP) is 4.53. The lowest BCUT2D eigenvalue weighted by Crippen LogP contribution is -2.31. The van der Waals surface area contributed by atoms with E-state index < -0.39 is 0 Å². The van der Waals surface area contributed by atoms with E-state index in [0.717, 1.165) is 34.6 Å². The van der Waals surface area contributed by atoms with Gasteiger partial charge in [0.25, 0.3) is 5.91 Å². The van der Waals surface area contributed by atoms with Crippen LogP contribution in [-0.4, -0.2) is 34.3 Å². The van der Waals surface area contributed by atoms with Crippen molar-refractivity contribution in [3.63, 3.8) is 0 Å². The molecule has 0 aliphatic rings. The standard InChI is InChI=1S/C26H28N4O/c1-18-8-7-9-19(2)24(18)25(22-16-27-23-10-5-6-15-30(22)23)28-26(31)21-13-11-20(12-14-21)17-29(3)4/h5-16,25H,17H2,1-4H3,(H,28,31). The highest BCUT2D eigenvalue weighted by molar-refractivity contribution is 5.94. The zero-order valence-corrected chi connectivity index (χ0v) is 18.5. The molecule has 1 atom stereocenters. The Hall–Kier alpha value is -3.44. The van der Waals surface area contributed by atoms with Gasteiger partial charge in [-0.05, 0) is 74.5 Å². The third-order valence-electron chi connectivity index (χ3n) is 5.56. The van der Waals surface area contributed by atoms with Gasteiger partial charge in [-0.3, -0.25) is 4.79 Å². The Morgan fingerprint density at radius 2 is 1.71 bits per heavy atom. The number of amides is 1. The van der Waals surface area contributed by atoms with Gasteiger partial charge >= 0.3 is 0 Å². The van der Waals surface area contributed by atoms with E-state index in [1.165, 1.54) is 5.56 Å². The molecule has 2 aromatic heterocycles. The molecule has 1 N–H and O–H groups in total. The number of pyridine rings is 1. The maximum Gasteiger partial charge on any atom is 0.252 e.